The molecule has 2 aromatic rings. The van der Waals surface area contributed by atoms with E-state index in [1.54, 1.807) is 6.92 Å². The Hall–Kier alpha value is -2.19. The molecule has 1 N–H and O–H groups in total. The van der Waals surface area contributed by atoms with Crippen LogP contribution in [-0.4, -0.2) is 56.1 Å². The van der Waals surface area contributed by atoms with Gasteiger partial charge < -0.3 is 14.6 Å². The van der Waals surface area contributed by atoms with E-state index >= 15 is 0 Å². The molecule has 160 valence electrons. The monoisotopic (exact) mass is 421 g/mol. The zero-order chi connectivity index (χ0) is 21.4. The fourth-order valence-corrected chi connectivity index (χ4v) is 4.25. The number of oxazole rings is 1. The minimum absolute atomic E-state index is 0.318. The maximum atomic E-state index is 12.4. The Morgan fingerprint density at radius 3 is 2.41 bits per heavy atom. The molecule has 0 fully saturated rings. The normalized spacial score (nSPS) is 11.8. The van der Waals surface area contributed by atoms with Crippen LogP contribution in [0.25, 0.3) is 11.5 Å². The van der Waals surface area contributed by atoms with E-state index in [2.05, 4.69) is 29.0 Å². The summed E-state index contributed by atoms with van der Waals surface area (Å²) < 4.78 is 30.5. The molecule has 0 aliphatic rings. The van der Waals surface area contributed by atoms with Crippen LogP contribution < -0.4 is 5.32 Å². The maximum Gasteiger partial charge on any atom is 0.235 e. The molecule has 0 atom stereocenters. The van der Waals surface area contributed by atoms with Gasteiger partial charge in [-0.25, -0.2) is 13.4 Å². The molecule has 0 aliphatic carbocycles. The minimum atomic E-state index is -3.64. The lowest BCUT2D eigenvalue weighted by molar-refractivity contribution is -0.118. The van der Waals surface area contributed by atoms with Crippen LogP contribution in [0.5, 0.6) is 0 Å². The molecule has 1 aromatic heterocycles. The molecular formula is C21H31N3O4S. The number of benzene rings is 1. The molecule has 0 radical (unpaired) electrons. The first kappa shape index (κ1) is 23.1. The van der Waals surface area contributed by atoms with E-state index in [1.165, 1.54) is 0 Å². The molecule has 1 aromatic carbocycles. The Kier molecular flexibility index (Phi) is 8.40. The number of hydrogen-bond acceptors (Lipinski definition) is 6. The van der Waals surface area contributed by atoms with Gasteiger partial charge in [0.05, 0.1) is 11.4 Å². The predicted molar refractivity (Wildman–Crippen MR) is 114 cm³/mol. The zero-order valence-electron chi connectivity index (χ0n) is 17.7. The Morgan fingerprint density at radius 2 is 1.79 bits per heavy atom. The van der Waals surface area contributed by atoms with Gasteiger partial charge >= 0.3 is 0 Å². The number of nitrogens with zero attached hydrogens (tertiary/aromatic N) is 2. The van der Waals surface area contributed by atoms with Crippen molar-refractivity contribution in [1.82, 2.24) is 15.2 Å². The standard InChI is InChI=1S/C21H31N3O4S/c1-5-24(6-2)13-7-12-22-20(25)15-29(26,27)14-19-17(4)28-21(23-19)18-10-8-16(3)9-11-18/h8-11H,5-7,12-15H2,1-4H3,(H,22,25). The van der Waals surface area contributed by atoms with Gasteiger partial charge in [0.1, 0.15) is 11.5 Å². The van der Waals surface area contributed by atoms with Crippen molar-refractivity contribution >= 4 is 15.7 Å². The lowest BCUT2D eigenvalue weighted by atomic mass is 10.1. The summed E-state index contributed by atoms with van der Waals surface area (Å²) in [5.74, 6) is -0.521. The van der Waals surface area contributed by atoms with Gasteiger partial charge in [0, 0.05) is 12.1 Å². The topological polar surface area (TPSA) is 92.5 Å². The third-order valence-electron chi connectivity index (χ3n) is 4.77. The number of hydrogen-bond donors (Lipinski definition) is 1. The van der Waals surface area contributed by atoms with E-state index in [-0.39, 0.29) is 5.75 Å². The fourth-order valence-electron chi connectivity index (χ4n) is 2.96. The van der Waals surface area contributed by atoms with Gasteiger partial charge in [-0.05, 0) is 52.0 Å². The molecule has 0 unspecified atom stereocenters. The van der Waals surface area contributed by atoms with Gasteiger partial charge in [0.15, 0.2) is 9.84 Å². The molecule has 1 heterocycles. The van der Waals surface area contributed by atoms with Crippen LogP contribution in [0, 0.1) is 13.8 Å². The molecule has 0 saturated carbocycles. The highest BCUT2D eigenvalue weighted by Gasteiger charge is 2.22. The molecule has 2 rings (SSSR count). The van der Waals surface area contributed by atoms with Crippen molar-refractivity contribution in [2.45, 2.75) is 39.9 Å². The van der Waals surface area contributed by atoms with Crippen LogP contribution in [0.2, 0.25) is 0 Å². The van der Waals surface area contributed by atoms with Crippen molar-refractivity contribution in [3.63, 3.8) is 0 Å². The summed E-state index contributed by atoms with van der Waals surface area (Å²) in [5, 5.41) is 2.69. The lowest BCUT2D eigenvalue weighted by Gasteiger charge is -2.17. The van der Waals surface area contributed by atoms with Crippen molar-refractivity contribution in [2.24, 2.45) is 0 Å². The number of aryl methyl sites for hydroxylation is 2. The molecular weight excluding hydrogens is 390 g/mol. The Morgan fingerprint density at radius 1 is 1.14 bits per heavy atom. The van der Waals surface area contributed by atoms with Crippen LogP contribution >= 0.6 is 0 Å². The van der Waals surface area contributed by atoms with Gasteiger partial charge in [-0.2, -0.15) is 0 Å². The second-order valence-electron chi connectivity index (χ2n) is 7.15. The summed E-state index contributed by atoms with van der Waals surface area (Å²) >= 11 is 0. The Bertz CT molecular complexity index is 901. The van der Waals surface area contributed by atoms with Crippen LogP contribution in [0.4, 0.5) is 0 Å². The van der Waals surface area contributed by atoms with Crippen molar-refractivity contribution < 1.29 is 17.6 Å². The maximum absolute atomic E-state index is 12.4. The first-order valence-electron chi connectivity index (χ1n) is 9.97. The third-order valence-corrected chi connectivity index (χ3v) is 6.18. The number of sulfone groups is 1. The summed E-state index contributed by atoms with van der Waals surface area (Å²) in [6.45, 7) is 11.1. The van der Waals surface area contributed by atoms with E-state index in [9.17, 15) is 13.2 Å². The second-order valence-corrected chi connectivity index (χ2v) is 9.22. The molecule has 29 heavy (non-hydrogen) atoms. The summed E-state index contributed by atoms with van der Waals surface area (Å²) in [5.41, 5.74) is 2.24. The number of nitrogens with one attached hydrogen (secondary N) is 1. The average Bonchev–Trinajstić information content (AvgIpc) is 3.01. The molecule has 0 spiro atoms. The Balaban J connectivity index is 1.90. The number of rotatable bonds is 11. The van der Waals surface area contributed by atoms with E-state index in [4.69, 9.17) is 4.42 Å². The van der Waals surface area contributed by atoms with E-state index in [0.717, 1.165) is 37.2 Å². The van der Waals surface area contributed by atoms with Crippen molar-refractivity contribution in [3.8, 4) is 11.5 Å². The van der Waals surface area contributed by atoms with Gasteiger partial charge in [-0.3, -0.25) is 4.79 Å². The van der Waals surface area contributed by atoms with Crippen LogP contribution in [0.1, 0.15) is 37.3 Å². The fraction of sp³-hybridized carbons (Fsp3) is 0.524. The summed E-state index contributed by atoms with van der Waals surface area (Å²) in [6, 6.07) is 7.64. The minimum Gasteiger partial charge on any atom is -0.441 e. The highest BCUT2D eigenvalue weighted by Crippen LogP contribution is 2.23. The van der Waals surface area contributed by atoms with E-state index in [0.29, 0.717) is 23.9 Å². The first-order chi connectivity index (χ1) is 13.7. The van der Waals surface area contributed by atoms with Crippen molar-refractivity contribution in [1.29, 1.82) is 0 Å². The van der Waals surface area contributed by atoms with Crippen LogP contribution in [-0.2, 0) is 20.4 Å². The molecule has 8 heteroatoms. The Labute approximate surface area is 173 Å². The number of carbonyl (C=O) groups excluding carboxylic acids is 1. The molecule has 0 saturated heterocycles. The van der Waals surface area contributed by atoms with Gasteiger partial charge in [-0.1, -0.05) is 31.5 Å². The van der Waals surface area contributed by atoms with Gasteiger partial charge in [-0.15, -0.1) is 0 Å². The quantitative estimate of drug-likeness (QED) is 0.561. The summed E-state index contributed by atoms with van der Waals surface area (Å²) in [6.07, 6.45) is 0.787. The summed E-state index contributed by atoms with van der Waals surface area (Å²) in [7, 11) is -3.64. The van der Waals surface area contributed by atoms with Crippen molar-refractivity contribution in [3.05, 3.63) is 41.3 Å². The molecule has 0 aliphatic heterocycles. The van der Waals surface area contributed by atoms with Crippen molar-refractivity contribution in [2.75, 3.05) is 31.9 Å². The molecule has 7 nitrogen and oxygen atoms in total. The molecule has 0 bridgehead atoms. The van der Waals surface area contributed by atoms with E-state index in [1.807, 2.05) is 31.2 Å². The average molecular weight is 422 g/mol. The largest absolute Gasteiger partial charge is 0.441 e. The number of aromatic nitrogens is 1. The number of carbonyl (C=O) groups is 1. The smallest absolute Gasteiger partial charge is 0.235 e. The van der Waals surface area contributed by atoms with E-state index < -0.39 is 21.5 Å². The summed E-state index contributed by atoms with van der Waals surface area (Å²) in [4.78, 5) is 18.6. The highest BCUT2D eigenvalue weighted by molar-refractivity contribution is 7.91. The molecule has 1 amide bonds. The predicted octanol–water partition coefficient (Wildman–Crippen LogP) is 2.72. The highest BCUT2D eigenvalue weighted by atomic mass is 32.2. The zero-order valence-corrected chi connectivity index (χ0v) is 18.5. The number of amides is 1. The second kappa shape index (κ2) is 10.5. The van der Waals surface area contributed by atoms with Crippen LogP contribution in [0.3, 0.4) is 0 Å². The van der Waals surface area contributed by atoms with Gasteiger partial charge in [0.2, 0.25) is 11.8 Å². The SMILES string of the molecule is CCN(CC)CCCNC(=O)CS(=O)(=O)Cc1nc(-c2ccc(C)cc2)oc1C. The third kappa shape index (κ3) is 7.29. The van der Waals surface area contributed by atoms with Gasteiger partial charge in [0.25, 0.3) is 0 Å². The first-order valence-corrected chi connectivity index (χ1v) is 11.8. The lowest BCUT2D eigenvalue weighted by Crippen LogP contribution is -2.33. The van der Waals surface area contributed by atoms with Crippen LogP contribution in [0.15, 0.2) is 28.7 Å².